The van der Waals surface area contributed by atoms with Crippen LogP contribution in [0.2, 0.25) is 0 Å². The fraction of sp³-hybridized carbons (Fsp3) is 0.520. The minimum Gasteiger partial charge on any atom is -0.497 e. The molecule has 0 unspecified atom stereocenters. The number of hydrogen-bond donors (Lipinski definition) is 2. The van der Waals surface area contributed by atoms with E-state index in [2.05, 4.69) is 39.5 Å². The van der Waals surface area contributed by atoms with Crippen molar-refractivity contribution in [3.63, 3.8) is 0 Å². The van der Waals surface area contributed by atoms with Crippen LogP contribution in [0.15, 0.2) is 30.5 Å². The van der Waals surface area contributed by atoms with Crippen LogP contribution < -0.4 is 15.4 Å². The lowest BCUT2D eigenvalue weighted by Gasteiger charge is -2.55. The van der Waals surface area contributed by atoms with Gasteiger partial charge in [0.2, 0.25) is 11.8 Å². The Morgan fingerprint density at radius 2 is 1.91 bits per heavy atom. The second kappa shape index (κ2) is 9.58. The van der Waals surface area contributed by atoms with Gasteiger partial charge in [0, 0.05) is 37.2 Å². The number of carbonyl (C=O) groups is 1. The SMILES string of the molecule is CC.COc1cccc([C@H](C)Nc2nc(C(=O)N3CC4(CNC4)C3)nc3c(C(C)C)cnn23)c1. The van der Waals surface area contributed by atoms with E-state index in [1.807, 2.05) is 56.1 Å². The van der Waals surface area contributed by atoms with Crippen molar-refractivity contribution in [1.82, 2.24) is 29.8 Å². The van der Waals surface area contributed by atoms with Gasteiger partial charge < -0.3 is 20.3 Å². The predicted molar refractivity (Wildman–Crippen MR) is 132 cm³/mol. The van der Waals surface area contributed by atoms with Crippen molar-refractivity contribution in [2.45, 2.75) is 46.6 Å². The average molecular weight is 466 g/mol. The van der Waals surface area contributed by atoms with Gasteiger partial charge in [-0.3, -0.25) is 4.79 Å². The summed E-state index contributed by atoms with van der Waals surface area (Å²) < 4.78 is 7.05. The Bertz CT molecular complexity index is 1160. The number of amides is 1. The molecule has 2 aliphatic heterocycles. The van der Waals surface area contributed by atoms with Crippen molar-refractivity contribution in [2.24, 2.45) is 5.41 Å². The van der Waals surface area contributed by atoms with Crippen molar-refractivity contribution in [2.75, 3.05) is 38.6 Å². The number of rotatable bonds is 6. The van der Waals surface area contributed by atoms with E-state index in [0.29, 0.717) is 11.6 Å². The molecule has 2 fully saturated rings. The summed E-state index contributed by atoms with van der Waals surface area (Å²) in [5.74, 6) is 1.60. The van der Waals surface area contributed by atoms with Crippen molar-refractivity contribution in [1.29, 1.82) is 0 Å². The van der Waals surface area contributed by atoms with E-state index in [1.54, 1.807) is 11.6 Å². The molecule has 9 nitrogen and oxygen atoms in total. The fourth-order valence-electron chi connectivity index (χ4n) is 4.43. The van der Waals surface area contributed by atoms with Crippen LogP contribution >= 0.6 is 0 Å². The number of anilines is 1. The van der Waals surface area contributed by atoms with E-state index >= 15 is 0 Å². The van der Waals surface area contributed by atoms with Crippen LogP contribution in [0.5, 0.6) is 5.75 Å². The second-order valence-corrected chi connectivity index (χ2v) is 9.27. The van der Waals surface area contributed by atoms with Crippen molar-refractivity contribution in [3.05, 3.63) is 47.4 Å². The van der Waals surface area contributed by atoms with Gasteiger partial charge in [-0.25, -0.2) is 4.98 Å². The maximum Gasteiger partial charge on any atom is 0.291 e. The van der Waals surface area contributed by atoms with Crippen LogP contribution in [0.3, 0.4) is 0 Å². The minimum absolute atomic E-state index is 0.0776. The molecule has 4 heterocycles. The van der Waals surface area contributed by atoms with Gasteiger partial charge in [-0.15, -0.1) is 0 Å². The van der Waals surface area contributed by atoms with Gasteiger partial charge in [0.25, 0.3) is 5.91 Å². The Kier molecular flexibility index (Phi) is 6.74. The minimum atomic E-state index is -0.127. The molecule has 5 rings (SSSR count). The summed E-state index contributed by atoms with van der Waals surface area (Å²) in [5, 5.41) is 11.2. The van der Waals surface area contributed by atoms with Crippen molar-refractivity contribution < 1.29 is 9.53 Å². The topological polar surface area (TPSA) is 96.7 Å². The van der Waals surface area contributed by atoms with Gasteiger partial charge in [0.15, 0.2) is 5.65 Å². The number of nitrogens with one attached hydrogen (secondary N) is 2. The number of benzene rings is 1. The van der Waals surface area contributed by atoms with E-state index in [9.17, 15) is 4.79 Å². The molecular weight excluding hydrogens is 430 g/mol. The molecule has 1 atom stereocenters. The third-order valence-electron chi connectivity index (χ3n) is 6.49. The lowest BCUT2D eigenvalue weighted by Crippen LogP contribution is -2.72. The number of aromatic nitrogens is 4. The summed E-state index contributed by atoms with van der Waals surface area (Å²) in [5.41, 5.74) is 2.95. The Labute approximate surface area is 200 Å². The normalized spacial score (nSPS) is 17.0. The summed E-state index contributed by atoms with van der Waals surface area (Å²) in [7, 11) is 1.65. The molecule has 34 heavy (non-hydrogen) atoms. The molecule has 2 saturated heterocycles. The first kappa shape index (κ1) is 23.9. The highest BCUT2D eigenvalue weighted by molar-refractivity contribution is 5.92. The zero-order chi connectivity index (χ0) is 24.5. The van der Waals surface area contributed by atoms with Gasteiger partial charge in [-0.2, -0.15) is 14.6 Å². The maximum atomic E-state index is 13.2. The molecule has 0 radical (unpaired) electrons. The quantitative estimate of drug-likeness (QED) is 0.575. The predicted octanol–water partition coefficient (Wildman–Crippen LogP) is 3.50. The molecule has 1 aromatic carbocycles. The standard InChI is InChI=1S/C23H29N7O2.C2H6/c1-14(2)18-9-25-30-20(18)27-19(21(31)29-12-23(13-29)10-24-11-23)28-22(30)26-15(3)16-6-5-7-17(8-16)32-4;1-2/h5-9,14-15,24H,10-13H2,1-4H3,(H,26,27,28);1-2H3/t15-;/m0./s1. The summed E-state index contributed by atoms with van der Waals surface area (Å²) in [4.78, 5) is 24.3. The highest BCUT2D eigenvalue weighted by Gasteiger charge is 2.49. The van der Waals surface area contributed by atoms with Crippen LogP contribution in [-0.2, 0) is 0 Å². The molecule has 2 N–H and O–H groups in total. The zero-order valence-electron chi connectivity index (χ0n) is 20.9. The monoisotopic (exact) mass is 465 g/mol. The molecular formula is C25H35N7O2. The first-order valence-corrected chi connectivity index (χ1v) is 12.1. The smallest absolute Gasteiger partial charge is 0.291 e. The fourth-order valence-corrected chi connectivity index (χ4v) is 4.43. The molecule has 0 aliphatic carbocycles. The summed E-state index contributed by atoms with van der Waals surface area (Å²) >= 11 is 0. The summed E-state index contributed by atoms with van der Waals surface area (Å²) in [6.45, 7) is 13.7. The van der Waals surface area contributed by atoms with Crippen LogP contribution in [0.25, 0.3) is 5.65 Å². The van der Waals surface area contributed by atoms with Crippen LogP contribution in [-0.4, -0.2) is 63.7 Å². The van der Waals surface area contributed by atoms with Crippen LogP contribution in [0.4, 0.5) is 5.95 Å². The largest absolute Gasteiger partial charge is 0.497 e. The van der Waals surface area contributed by atoms with E-state index in [1.165, 1.54) is 0 Å². The lowest BCUT2D eigenvalue weighted by atomic mass is 9.74. The van der Waals surface area contributed by atoms with E-state index in [4.69, 9.17) is 4.74 Å². The summed E-state index contributed by atoms with van der Waals surface area (Å²) in [6, 6.07) is 7.80. The lowest BCUT2D eigenvalue weighted by molar-refractivity contribution is -0.0255. The number of nitrogens with zero attached hydrogens (tertiary/aromatic N) is 5. The molecule has 182 valence electrons. The van der Waals surface area contributed by atoms with Gasteiger partial charge in [-0.05, 0) is 30.5 Å². The molecule has 2 aliphatic rings. The van der Waals surface area contributed by atoms with Gasteiger partial charge in [-0.1, -0.05) is 39.8 Å². The maximum absolute atomic E-state index is 13.2. The van der Waals surface area contributed by atoms with Gasteiger partial charge in [0.05, 0.1) is 19.3 Å². The molecule has 0 bridgehead atoms. The molecule has 1 spiro atoms. The Morgan fingerprint density at radius 3 is 2.53 bits per heavy atom. The number of ether oxygens (including phenoxy) is 1. The number of fused-ring (bicyclic) bond motifs is 1. The van der Waals surface area contributed by atoms with E-state index < -0.39 is 0 Å². The summed E-state index contributed by atoms with van der Waals surface area (Å²) in [6.07, 6.45) is 1.81. The average Bonchev–Trinajstić information content (AvgIpc) is 3.23. The number of likely N-dealkylation sites (tertiary alicyclic amines) is 1. The van der Waals surface area contributed by atoms with Crippen LogP contribution in [0.1, 0.15) is 68.3 Å². The molecule has 9 heteroatoms. The Morgan fingerprint density at radius 1 is 1.18 bits per heavy atom. The first-order valence-electron chi connectivity index (χ1n) is 12.1. The Hall–Kier alpha value is -3.20. The molecule has 1 amide bonds. The van der Waals surface area contributed by atoms with Crippen molar-refractivity contribution >= 4 is 17.5 Å². The van der Waals surface area contributed by atoms with E-state index in [-0.39, 0.29) is 29.1 Å². The number of methoxy groups -OCH3 is 1. The zero-order valence-corrected chi connectivity index (χ0v) is 20.9. The molecule has 2 aromatic heterocycles. The second-order valence-electron chi connectivity index (χ2n) is 9.27. The molecule has 0 saturated carbocycles. The Balaban J connectivity index is 0.00000133. The van der Waals surface area contributed by atoms with Gasteiger partial charge >= 0.3 is 0 Å². The van der Waals surface area contributed by atoms with E-state index in [0.717, 1.165) is 43.1 Å². The number of hydrogen-bond acceptors (Lipinski definition) is 7. The van der Waals surface area contributed by atoms with Gasteiger partial charge in [0.1, 0.15) is 5.75 Å². The number of carbonyl (C=O) groups excluding carboxylic acids is 1. The third kappa shape index (κ3) is 4.32. The highest BCUT2D eigenvalue weighted by atomic mass is 16.5. The third-order valence-corrected chi connectivity index (χ3v) is 6.49. The van der Waals surface area contributed by atoms with Crippen molar-refractivity contribution in [3.8, 4) is 5.75 Å². The molecule has 3 aromatic rings. The highest BCUT2D eigenvalue weighted by Crippen LogP contribution is 2.35. The first-order chi connectivity index (χ1) is 16.4. The van der Waals surface area contributed by atoms with Crippen LogP contribution in [0, 0.1) is 5.41 Å².